The molecule has 6 nitrogen and oxygen atoms in total. The average Bonchev–Trinajstić information content (AvgIpc) is 3.33. The second-order valence-electron chi connectivity index (χ2n) is 9.20. The van der Waals surface area contributed by atoms with Crippen molar-refractivity contribution in [2.45, 2.75) is 51.9 Å². The maximum absolute atomic E-state index is 13.1. The number of likely N-dealkylation sites (N-methyl/N-ethyl adjacent to an activating group) is 1. The van der Waals surface area contributed by atoms with Gasteiger partial charge in [0.2, 0.25) is 0 Å². The molecule has 0 radical (unpaired) electrons. The number of benzene rings is 1. The monoisotopic (exact) mass is 478 g/mol. The molecular formula is C27H34N4O2S. The Morgan fingerprint density at radius 2 is 1.53 bits per heavy atom. The molecule has 0 saturated carbocycles. The first-order valence-electron chi connectivity index (χ1n) is 12.7. The van der Waals surface area contributed by atoms with Crippen LogP contribution in [0.3, 0.4) is 0 Å². The third kappa shape index (κ3) is 5.19. The summed E-state index contributed by atoms with van der Waals surface area (Å²) in [6, 6.07) is 12.4. The van der Waals surface area contributed by atoms with Crippen LogP contribution >= 0.6 is 11.8 Å². The Morgan fingerprint density at radius 1 is 0.882 bits per heavy atom. The molecular weight excluding hydrogens is 444 g/mol. The quantitative estimate of drug-likeness (QED) is 0.474. The molecule has 0 spiro atoms. The van der Waals surface area contributed by atoms with Crippen molar-refractivity contribution in [1.29, 1.82) is 0 Å². The molecule has 0 N–H and O–H groups in total. The zero-order chi connectivity index (χ0) is 23.3. The van der Waals surface area contributed by atoms with Gasteiger partial charge in [0, 0.05) is 50.6 Å². The lowest BCUT2D eigenvalue weighted by atomic mass is 10.1. The van der Waals surface area contributed by atoms with Crippen LogP contribution in [0.15, 0.2) is 50.7 Å². The predicted octanol–water partition coefficient (Wildman–Crippen LogP) is 6.27. The molecule has 180 valence electrons. The molecule has 5 rings (SSSR count). The normalized spacial score (nSPS) is 22.1. The molecule has 3 aliphatic heterocycles. The van der Waals surface area contributed by atoms with E-state index in [1.807, 2.05) is 25.1 Å². The highest BCUT2D eigenvalue weighted by Gasteiger charge is 2.32. The lowest BCUT2D eigenvalue weighted by Gasteiger charge is -2.28. The van der Waals surface area contributed by atoms with Crippen LogP contribution in [0.5, 0.6) is 0 Å². The van der Waals surface area contributed by atoms with Crippen molar-refractivity contribution < 1.29 is 9.21 Å². The van der Waals surface area contributed by atoms with Crippen molar-refractivity contribution in [3.63, 3.8) is 0 Å². The Bertz CT molecular complexity index is 1040. The lowest BCUT2D eigenvalue weighted by Crippen LogP contribution is -2.29. The minimum atomic E-state index is -0.0103. The maximum atomic E-state index is 13.1. The van der Waals surface area contributed by atoms with Crippen molar-refractivity contribution in [1.82, 2.24) is 4.90 Å². The van der Waals surface area contributed by atoms with E-state index in [-0.39, 0.29) is 5.91 Å². The van der Waals surface area contributed by atoms with Crippen LogP contribution in [0.4, 0.5) is 17.3 Å². The molecule has 1 amide bonds. The molecule has 34 heavy (non-hydrogen) atoms. The molecule has 7 heteroatoms. The van der Waals surface area contributed by atoms with Crippen LogP contribution in [-0.4, -0.2) is 48.7 Å². The minimum Gasteiger partial charge on any atom is -0.441 e. The van der Waals surface area contributed by atoms with E-state index in [2.05, 4.69) is 34.1 Å². The molecule has 1 aromatic carbocycles. The highest BCUT2D eigenvalue weighted by Crippen LogP contribution is 2.35. The smallest absolute Gasteiger partial charge is 0.266 e. The molecule has 3 aliphatic rings. The van der Waals surface area contributed by atoms with E-state index < -0.39 is 0 Å². The summed E-state index contributed by atoms with van der Waals surface area (Å²) in [4.78, 5) is 25.0. The molecule has 4 heterocycles. The number of carbonyl (C=O) groups excluding carboxylic acids is 1. The molecule has 0 bridgehead atoms. The second kappa shape index (κ2) is 10.7. The molecule has 3 saturated heterocycles. The van der Waals surface area contributed by atoms with E-state index in [4.69, 9.17) is 9.41 Å². The number of anilines is 2. The number of rotatable bonds is 5. The van der Waals surface area contributed by atoms with Crippen LogP contribution in [0.1, 0.15) is 57.6 Å². The van der Waals surface area contributed by atoms with Crippen molar-refractivity contribution in [2.75, 3.05) is 42.5 Å². The average molecular weight is 479 g/mol. The number of carbonyl (C=O) groups is 1. The second-order valence-corrected chi connectivity index (χ2v) is 10.2. The number of hydrogen-bond donors (Lipinski definition) is 0. The van der Waals surface area contributed by atoms with Gasteiger partial charge in [-0.1, -0.05) is 12.8 Å². The minimum absolute atomic E-state index is 0.0103. The fourth-order valence-corrected chi connectivity index (χ4v) is 5.92. The van der Waals surface area contributed by atoms with Gasteiger partial charge in [0.15, 0.2) is 11.1 Å². The summed E-state index contributed by atoms with van der Waals surface area (Å²) in [7, 11) is 0. The fraction of sp³-hybridized carbons (Fsp3) is 0.481. The number of piperidine rings is 1. The van der Waals surface area contributed by atoms with E-state index in [1.165, 1.54) is 62.4 Å². The SMILES string of the molecule is CCN1C(=O)/C(=C/c2ccc(N3CCCCCC3)o2)SC1=Nc1ccc(N2CCCCC2)cc1. The third-order valence-electron chi connectivity index (χ3n) is 6.80. The number of amidine groups is 1. The standard InChI is InChI=1S/C27H34N4O2S/c1-2-31-26(32)24(20-23-14-15-25(33-23)30-18-6-3-4-7-19-30)34-27(31)28-21-10-12-22(13-11-21)29-16-8-5-9-17-29/h10-15,20H,2-9,16-19H2,1H3/b24-20-,28-27?. The number of furan rings is 1. The van der Waals surface area contributed by atoms with Gasteiger partial charge in [0.05, 0.1) is 10.6 Å². The first-order chi connectivity index (χ1) is 16.7. The van der Waals surface area contributed by atoms with E-state index in [1.54, 1.807) is 4.90 Å². The number of hydrogen-bond acceptors (Lipinski definition) is 6. The van der Waals surface area contributed by atoms with Gasteiger partial charge in [-0.25, -0.2) is 4.99 Å². The Labute approximate surface area is 206 Å². The molecule has 0 atom stereocenters. The zero-order valence-electron chi connectivity index (χ0n) is 20.0. The van der Waals surface area contributed by atoms with E-state index in [0.29, 0.717) is 11.4 Å². The van der Waals surface area contributed by atoms with Gasteiger partial charge in [0.25, 0.3) is 5.91 Å². The van der Waals surface area contributed by atoms with Crippen molar-refractivity contribution in [2.24, 2.45) is 4.99 Å². The summed E-state index contributed by atoms with van der Waals surface area (Å²) in [5.41, 5.74) is 2.13. The molecule has 0 unspecified atom stereocenters. The van der Waals surface area contributed by atoms with Gasteiger partial charge >= 0.3 is 0 Å². The summed E-state index contributed by atoms with van der Waals surface area (Å²) in [5, 5.41) is 0.726. The summed E-state index contributed by atoms with van der Waals surface area (Å²) in [5.74, 6) is 1.61. The topological polar surface area (TPSA) is 52.3 Å². The van der Waals surface area contributed by atoms with Crippen LogP contribution in [0.25, 0.3) is 6.08 Å². The fourth-order valence-electron chi connectivity index (χ4n) is 4.88. The first kappa shape index (κ1) is 23.1. The van der Waals surface area contributed by atoms with E-state index in [0.717, 1.165) is 48.7 Å². The number of aliphatic imine (C=N–C) groups is 1. The first-order valence-corrected chi connectivity index (χ1v) is 13.5. The molecule has 0 aliphatic carbocycles. The Balaban J connectivity index is 1.31. The summed E-state index contributed by atoms with van der Waals surface area (Å²) < 4.78 is 6.10. The van der Waals surface area contributed by atoms with Crippen LogP contribution in [0.2, 0.25) is 0 Å². The van der Waals surface area contributed by atoms with Crippen LogP contribution in [0, 0.1) is 0 Å². The van der Waals surface area contributed by atoms with Gasteiger partial charge in [-0.3, -0.25) is 9.69 Å². The zero-order valence-corrected chi connectivity index (χ0v) is 20.9. The highest BCUT2D eigenvalue weighted by atomic mass is 32.2. The summed E-state index contributed by atoms with van der Waals surface area (Å²) in [6.45, 7) is 6.90. The van der Waals surface area contributed by atoms with Gasteiger partial charge < -0.3 is 14.2 Å². The van der Waals surface area contributed by atoms with E-state index in [9.17, 15) is 4.79 Å². The lowest BCUT2D eigenvalue weighted by molar-refractivity contribution is -0.122. The number of amides is 1. The van der Waals surface area contributed by atoms with Gasteiger partial charge in [-0.15, -0.1) is 0 Å². The Hall–Kier alpha value is -2.67. The van der Waals surface area contributed by atoms with Crippen molar-refractivity contribution in [3.05, 3.63) is 47.1 Å². The molecule has 3 fully saturated rings. The van der Waals surface area contributed by atoms with Gasteiger partial charge in [-0.05, 0) is 81.1 Å². The Morgan fingerprint density at radius 3 is 2.21 bits per heavy atom. The van der Waals surface area contributed by atoms with Crippen molar-refractivity contribution in [3.8, 4) is 0 Å². The third-order valence-corrected chi connectivity index (χ3v) is 7.81. The Kier molecular flexibility index (Phi) is 7.28. The largest absolute Gasteiger partial charge is 0.441 e. The van der Waals surface area contributed by atoms with E-state index >= 15 is 0 Å². The summed E-state index contributed by atoms with van der Waals surface area (Å²) in [6.07, 6.45) is 10.7. The number of nitrogens with zero attached hydrogens (tertiary/aromatic N) is 4. The van der Waals surface area contributed by atoms with Gasteiger partial charge in [-0.2, -0.15) is 0 Å². The molecule has 2 aromatic rings. The molecule has 1 aromatic heterocycles. The maximum Gasteiger partial charge on any atom is 0.266 e. The number of thioether (sulfide) groups is 1. The predicted molar refractivity (Wildman–Crippen MR) is 142 cm³/mol. The highest BCUT2D eigenvalue weighted by molar-refractivity contribution is 8.18. The van der Waals surface area contributed by atoms with Crippen LogP contribution in [-0.2, 0) is 4.79 Å². The van der Waals surface area contributed by atoms with Gasteiger partial charge in [0.1, 0.15) is 5.76 Å². The van der Waals surface area contributed by atoms with Crippen LogP contribution < -0.4 is 9.80 Å². The van der Waals surface area contributed by atoms with Crippen molar-refractivity contribution >= 4 is 46.2 Å². The summed E-state index contributed by atoms with van der Waals surface area (Å²) >= 11 is 1.43.